The highest BCUT2D eigenvalue weighted by molar-refractivity contribution is 7.99. The predicted octanol–water partition coefficient (Wildman–Crippen LogP) is 3.88. The van der Waals surface area contributed by atoms with E-state index in [0.29, 0.717) is 23.2 Å². The van der Waals surface area contributed by atoms with E-state index >= 15 is 0 Å². The number of benzene rings is 1. The first-order valence-electron chi connectivity index (χ1n) is 7.79. The number of rotatable bonds is 6. The van der Waals surface area contributed by atoms with Gasteiger partial charge in [-0.15, -0.1) is 10.2 Å². The number of thioether (sulfide) groups is 1. The Balaban J connectivity index is 1.67. The van der Waals surface area contributed by atoms with Gasteiger partial charge in [-0.2, -0.15) is 0 Å². The zero-order valence-corrected chi connectivity index (χ0v) is 15.4. The first-order valence-corrected chi connectivity index (χ1v) is 9.16. The summed E-state index contributed by atoms with van der Waals surface area (Å²) in [6, 6.07) is 7.77. The molecular formula is C17H15ClFN5OS. The van der Waals surface area contributed by atoms with Crippen LogP contribution in [0.4, 0.5) is 10.1 Å². The van der Waals surface area contributed by atoms with E-state index in [-0.39, 0.29) is 16.7 Å². The molecule has 0 unspecified atom stereocenters. The van der Waals surface area contributed by atoms with Crippen molar-refractivity contribution in [3.05, 3.63) is 53.6 Å². The largest absolute Gasteiger partial charge is 0.325 e. The molecule has 6 nitrogen and oxygen atoms in total. The molecule has 0 aliphatic carbocycles. The number of carbonyl (C=O) groups excluding carboxylic acids is 1. The fourth-order valence-corrected chi connectivity index (χ4v) is 3.27. The maximum atomic E-state index is 13.2. The Bertz CT molecular complexity index is 919. The van der Waals surface area contributed by atoms with E-state index in [1.54, 1.807) is 12.4 Å². The van der Waals surface area contributed by atoms with Gasteiger partial charge in [-0.3, -0.25) is 9.78 Å². The van der Waals surface area contributed by atoms with Crippen LogP contribution in [0.1, 0.15) is 6.92 Å². The molecule has 0 fully saturated rings. The highest BCUT2D eigenvalue weighted by Crippen LogP contribution is 2.24. The number of hydrogen-bond donors (Lipinski definition) is 1. The van der Waals surface area contributed by atoms with Crippen LogP contribution in [0.5, 0.6) is 0 Å². The van der Waals surface area contributed by atoms with Crippen LogP contribution in [0.15, 0.2) is 47.9 Å². The summed E-state index contributed by atoms with van der Waals surface area (Å²) in [7, 11) is 0. The number of nitrogens with one attached hydrogen (secondary N) is 1. The van der Waals surface area contributed by atoms with Crippen LogP contribution in [-0.2, 0) is 11.3 Å². The molecule has 0 saturated heterocycles. The van der Waals surface area contributed by atoms with Crippen molar-refractivity contribution in [1.29, 1.82) is 0 Å². The molecule has 134 valence electrons. The summed E-state index contributed by atoms with van der Waals surface area (Å²) in [5, 5.41) is 11.6. The molecule has 1 N–H and O–H groups in total. The van der Waals surface area contributed by atoms with Gasteiger partial charge in [0, 0.05) is 30.2 Å². The van der Waals surface area contributed by atoms with Gasteiger partial charge >= 0.3 is 0 Å². The van der Waals surface area contributed by atoms with Crippen LogP contribution in [0.2, 0.25) is 5.02 Å². The lowest BCUT2D eigenvalue weighted by atomic mass is 10.3. The summed E-state index contributed by atoms with van der Waals surface area (Å²) < 4.78 is 15.1. The van der Waals surface area contributed by atoms with Crippen LogP contribution in [0.25, 0.3) is 11.4 Å². The molecule has 3 aromatic rings. The SMILES string of the molecule is CCn1c(SCC(=O)Nc2ccc(F)c(Cl)c2)nnc1-c1cccnc1. The second kappa shape index (κ2) is 8.29. The first-order chi connectivity index (χ1) is 12.6. The minimum atomic E-state index is -0.530. The molecule has 26 heavy (non-hydrogen) atoms. The normalized spacial score (nSPS) is 10.7. The van der Waals surface area contributed by atoms with E-state index in [9.17, 15) is 9.18 Å². The van der Waals surface area contributed by atoms with Crippen LogP contribution < -0.4 is 5.32 Å². The molecule has 0 atom stereocenters. The highest BCUT2D eigenvalue weighted by atomic mass is 35.5. The number of anilines is 1. The third-order valence-corrected chi connectivity index (χ3v) is 4.74. The molecule has 0 spiro atoms. The van der Waals surface area contributed by atoms with Crippen LogP contribution in [0.3, 0.4) is 0 Å². The topological polar surface area (TPSA) is 72.7 Å². The van der Waals surface area contributed by atoms with Crippen LogP contribution in [0, 0.1) is 5.82 Å². The summed E-state index contributed by atoms with van der Waals surface area (Å²) in [5.41, 5.74) is 1.30. The van der Waals surface area contributed by atoms with E-state index in [4.69, 9.17) is 11.6 Å². The minimum Gasteiger partial charge on any atom is -0.325 e. The van der Waals surface area contributed by atoms with Crippen molar-refractivity contribution < 1.29 is 9.18 Å². The number of hydrogen-bond acceptors (Lipinski definition) is 5. The summed E-state index contributed by atoms with van der Waals surface area (Å²) in [4.78, 5) is 16.2. The van der Waals surface area contributed by atoms with Crippen molar-refractivity contribution in [3.63, 3.8) is 0 Å². The molecule has 0 aliphatic rings. The second-order valence-electron chi connectivity index (χ2n) is 5.26. The van der Waals surface area contributed by atoms with Crippen molar-refractivity contribution in [2.75, 3.05) is 11.1 Å². The zero-order chi connectivity index (χ0) is 18.5. The monoisotopic (exact) mass is 391 g/mol. The van der Waals surface area contributed by atoms with Gasteiger partial charge in [-0.1, -0.05) is 23.4 Å². The first kappa shape index (κ1) is 18.3. The Morgan fingerprint density at radius 3 is 2.88 bits per heavy atom. The van der Waals surface area contributed by atoms with E-state index < -0.39 is 5.82 Å². The quantitative estimate of drug-likeness (QED) is 0.645. The summed E-state index contributed by atoms with van der Waals surface area (Å²) in [5.74, 6) is 0.0679. The van der Waals surface area contributed by atoms with Gasteiger partial charge in [0.15, 0.2) is 11.0 Å². The minimum absolute atomic E-state index is 0.0395. The summed E-state index contributed by atoms with van der Waals surface area (Å²) >= 11 is 6.98. The van der Waals surface area contributed by atoms with Gasteiger partial charge in [0.25, 0.3) is 0 Å². The molecule has 2 aromatic heterocycles. The predicted molar refractivity (Wildman–Crippen MR) is 99.7 cm³/mol. The smallest absolute Gasteiger partial charge is 0.234 e. The zero-order valence-electron chi connectivity index (χ0n) is 13.8. The Morgan fingerprint density at radius 1 is 1.35 bits per heavy atom. The van der Waals surface area contributed by atoms with E-state index in [1.165, 1.54) is 30.0 Å². The third-order valence-electron chi connectivity index (χ3n) is 3.49. The average molecular weight is 392 g/mol. The van der Waals surface area contributed by atoms with E-state index in [0.717, 1.165) is 5.56 Å². The van der Waals surface area contributed by atoms with Crippen molar-refractivity contribution in [3.8, 4) is 11.4 Å². The molecule has 0 aliphatic heterocycles. The molecule has 0 radical (unpaired) electrons. The third kappa shape index (κ3) is 4.20. The summed E-state index contributed by atoms with van der Waals surface area (Å²) in [6.45, 7) is 2.64. The number of nitrogens with zero attached hydrogens (tertiary/aromatic N) is 4. The molecule has 0 bridgehead atoms. The van der Waals surface area contributed by atoms with Gasteiger partial charge in [-0.25, -0.2) is 4.39 Å². The van der Waals surface area contributed by atoms with Crippen LogP contribution in [-0.4, -0.2) is 31.4 Å². The lowest BCUT2D eigenvalue weighted by Crippen LogP contribution is -2.14. The molecule has 9 heteroatoms. The molecule has 1 aromatic carbocycles. The molecule has 3 rings (SSSR count). The fourth-order valence-electron chi connectivity index (χ4n) is 2.29. The van der Waals surface area contributed by atoms with Crippen molar-refractivity contribution in [2.45, 2.75) is 18.6 Å². The number of amides is 1. The highest BCUT2D eigenvalue weighted by Gasteiger charge is 2.15. The number of halogens is 2. The van der Waals surface area contributed by atoms with Gasteiger partial charge in [-0.05, 0) is 37.3 Å². The van der Waals surface area contributed by atoms with Gasteiger partial charge in [0.1, 0.15) is 5.82 Å². The molecule has 0 saturated carbocycles. The van der Waals surface area contributed by atoms with Crippen molar-refractivity contribution in [2.24, 2.45) is 0 Å². The van der Waals surface area contributed by atoms with E-state index in [2.05, 4.69) is 20.5 Å². The summed E-state index contributed by atoms with van der Waals surface area (Å²) in [6.07, 6.45) is 3.41. The lowest BCUT2D eigenvalue weighted by Gasteiger charge is -2.08. The van der Waals surface area contributed by atoms with Crippen LogP contribution >= 0.6 is 23.4 Å². The Morgan fingerprint density at radius 2 is 2.19 bits per heavy atom. The van der Waals surface area contributed by atoms with Gasteiger partial charge < -0.3 is 9.88 Å². The van der Waals surface area contributed by atoms with Gasteiger partial charge in [0.2, 0.25) is 5.91 Å². The Hall–Kier alpha value is -2.45. The maximum Gasteiger partial charge on any atom is 0.234 e. The lowest BCUT2D eigenvalue weighted by molar-refractivity contribution is -0.113. The van der Waals surface area contributed by atoms with Crippen molar-refractivity contribution in [1.82, 2.24) is 19.7 Å². The second-order valence-corrected chi connectivity index (χ2v) is 6.61. The number of aromatic nitrogens is 4. The number of carbonyl (C=O) groups is 1. The van der Waals surface area contributed by atoms with E-state index in [1.807, 2.05) is 23.6 Å². The molecular weight excluding hydrogens is 377 g/mol. The fraction of sp³-hybridized carbons (Fsp3) is 0.176. The van der Waals surface area contributed by atoms with Crippen molar-refractivity contribution >= 4 is 35.0 Å². The Kier molecular flexibility index (Phi) is 5.85. The molecule has 2 heterocycles. The average Bonchev–Trinajstić information content (AvgIpc) is 3.07. The number of pyridine rings is 1. The molecule has 1 amide bonds. The standard InChI is InChI=1S/C17H15ClFN5OS/c1-2-24-16(11-4-3-7-20-9-11)22-23-17(24)26-10-15(25)21-12-5-6-14(19)13(18)8-12/h3-9H,2,10H2,1H3,(H,21,25). The van der Waals surface area contributed by atoms with Gasteiger partial charge in [0.05, 0.1) is 10.8 Å². The Labute approximate surface area is 158 Å². The maximum absolute atomic E-state index is 13.2.